The number of amides is 3. The minimum absolute atomic E-state index is 0.0191. The Labute approximate surface area is 190 Å². The maximum atomic E-state index is 13.4. The van der Waals surface area contributed by atoms with Crippen molar-refractivity contribution >= 4 is 50.9 Å². The number of imide groups is 1. The largest absolute Gasteiger partial charge is 0.389 e. The van der Waals surface area contributed by atoms with E-state index in [1.807, 2.05) is 0 Å². The van der Waals surface area contributed by atoms with Crippen LogP contribution in [-0.4, -0.2) is 55.1 Å². The second kappa shape index (κ2) is 8.66. The summed E-state index contributed by atoms with van der Waals surface area (Å²) >= 11 is 12.3. The number of aliphatic hydroxyl groups is 1. The number of rotatable bonds is 7. The van der Waals surface area contributed by atoms with Crippen molar-refractivity contribution in [1.82, 2.24) is 10.2 Å². The molecule has 0 unspecified atom stereocenters. The Bertz CT molecular complexity index is 1110. The number of anilines is 1. The maximum Gasteiger partial charge on any atom is 0.325 e. The SMILES string of the molecule is CC1(C)NC(=O)N(C[C@@H](O)CN(c2cc(Cl)ccc2Cl)S(=O)(=O)c2ccccc2)C1=O. The fraction of sp³-hybridized carbons (Fsp3) is 0.300. The molecule has 11 heteroatoms. The molecule has 2 aromatic rings. The van der Waals surface area contributed by atoms with E-state index in [2.05, 4.69) is 5.32 Å². The van der Waals surface area contributed by atoms with Crippen LogP contribution in [0.1, 0.15) is 13.8 Å². The first-order chi connectivity index (χ1) is 14.4. The fourth-order valence-electron chi connectivity index (χ4n) is 3.17. The predicted octanol–water partition coefficient (Wildman–Crippen LogP) is 2.88. The molecule has 31 heavy (non-hydrogen) atoms. The third-order valence-electron chi connectivity index (χ3n) is 4.72. The highest BCUT2D eigenvalue weighted by Crippen LogP contribution is 2.33. The van der Waals surface area contributed by atoms with Gasteiger partial charge in [0, 0.05) is 5.02 Å². The minimum Gasteiger partial charge on any atom is -0.389 e. The van der Waals surface area contributed by atoms with E-state index in [-0.39, 0.29) is 20.6 Å². The number of nitrogens with zero attached hydrogens (tertiary/aromatic N) is 2. The van der Waals surface area contributed by atoms with Crippen molar-refractivity contribution in [3.05, 3.63) is 58.6 Å². The van der Waals surface area contributed by atoms with Crippen LogP contribution in [0.2, 0.25) is 10.0 Å². The van der Waals surface area contributed by atoms with E-state index in [1.165, 1.54) is 44.2 Å². The molecule has 1 aliphatic rings. The van der Waals surface area contributed by atoms with Crippen molar-refractivity contribution in [2.45, 2.75) is 30.4 Å². The van der Waals surface area contributed by atoms with Crippen molar-refractivity contribution in [3.63, 3.8) is 0 Å². The Morgan fingerprint density at radius 3 is 2.35 bits per heavy atom. The molecule has 1 atom stereocenters. The van der Waals surface area contributed by atoms with Crippen molar-refractivity contribution in [3.8, 4) is 0 Å². The summed E-state index contributed by atoms with van der Waals surface area (Å²) in [5, 5.41) is 13.5. The molecule has 1 aliphatic heterocycles. The molecular formula is C20H21Cl2N3O5S. The summed E-state index contributed by atoms with van der Waals surface area (Å²) < 4.78 is 27.6. The first-order valence-electron chi connectivity index (χ1n) is 9.28. The van der Waals surface area contributed by atoms with Crippen LogP contribution in [0.15, 0.2) is 53.4 Å². The molecule has 0 saturated carbocycles. The van der Waals surface area contributed by atoms with Gasteiger partial charge in [-0.1, -0.05) is 41.4 Å². The Balaban J connectivity index is 1.95. The predicted molar refractivity (Wildman–Crippen MR) is 118 cm³/mol. The molecule has 2 aromatic carbocycles. The van der Waals surface area contributed by atoms with Gasteiger partial charge >= 0.3 is 6.03 Å². The highest BCUT2D eigenvalue weighted by atomic mass is 35.5. The molecule has 1 heterocycles. The molecule has 166 valence electrons. The number of carbonyl (C=O) groups excluding carboxylic acids is 2. The number of hydrogen-bond acceptors (Lipinski definition) is 5. The van der Waals surface area contributed by atoms with Crippen molar-refractivity contribution in [2.24, 2.45) is 0 Å². The van der Waals surface area contributed by atoms with Crippen LogP contribution in [0, 0.1) is 0 Å². The maximum absolute atomic E-state index is 13.4. The molecule has 0 spiro atoms. The molecule has 2 N–H and O–H groups in total. The van der Waals surface area contributed by atoms with Gasteiger partial charge < -0.3 is 10.4 Å². The summed E-state index contributed by atoms with van der Waals surface area (Å²) in [7, 11) is -4.15. The number of benzene rings is 2. The lowest BCUT2D eigenvalue weighted by atomic mass is 10.1. The van der Waals surface area contributed by atoms with E-state index in [4.69, 9.17) is 23.2 Å². The van der Waals surface area contributed by atoms with Gasteiger partial charge in [-0.25, -0.2) is 13.2 Å². The van der Waals surface area contributed by atoms with E-state index in [0.717, 1.165) is 9.21 Å². The van der Waals surface area contributed by atoms with Gasteiger partial charge in [0.1, 0.15) is 5.54 Å². The smallest absolute Gasteiger partial charge is 0.325 e. The van der Waals surface area contributed by atoms with Gasteiger partial charge in [0.05, 0.1) is 34.8 Å². The topological polar surface area (TPSA) is 107 Å². The second-order valence-electron chi connectivity index (χ2n) is 7.57. The van der Waals surface area contributed by atoms with Gasteiger partial charge in [-0.05, 0) is 44.2 Å². The number of β-amino-alcohol motifs (C(OH)–C–C–N with tert-alkyl or cyclic N) is 1. The van der Waals surface area contributed by atoms with Gasteiger partial charge in [0.2, 0.25) is 0 Å². The van der Waals surface area contributed by atoms with Crippen molar-refractivity contribution in [2.75, 3.05) is 17.4 Å². The first kappa shape index (κ1) is 23.3. The van der Waals surface area contributed by atoms with Crippen LogP contribution in [0.4, 0.5) is 10.5 Å². The van der Waals surface area contributed by atoms with Crippen LogP contribution >= 0.6 is 23.2 Å². The highest BCUT2D eigenvalue weighted by molar-refractivity contribution is 7.92. The lowest BCUT2D eigenvalue weighted by Crippen LogP contribution is -2.45. The van der Waals surface area contributed by atoms with Crippen LogP contribution < -0.4 is 9.62 Å². The summed E-state index contributed by atoms with van der Waals surface area (Å²) in [6.45, 7) is 2.22. The monoisotopic (exact) mass is 485 g/mol. The molecule has 3 amide bonds. The van der Waals surface area contributed by atoms with Gasteiger partial charge in [-0.15, -0.1) is 0 Å². The average molecular weight is 486 g/mol. The Morgan fingerprint density at radius 2 is 1.77 bits per heavy atom. The fourth-order valence-corrected chi connectivity index (χ4v) is 5.14. The number of sulfonamides is 1. The molecule has 1 fully saturated rings. The standard InChI is InChI=1S/C20H21Cl2N3O5S/c1-20(2)18(27)24(19(28)23-20)11-14(26)12-25(17-10-13(21)8-9-16(17)22)31(29,30)15-6-4-3-5-7-15/h3-10,14,26H,11-12H2,1-2H3,(H,23,28)/t14-/m1/s1. The Hall–Kier alpha value is -2.33. The molecule has 8 nitrogen and oxygen atoms in total. The first-order valence-corrected chi connectivity index (χ1v) is 11.5. The summed E-state index contributed by atoms with van der Waals surface area (Å²) in [6, 6.07) is 11.3. The van der Waals surface area contributed by atoms with Crippen molar-refractivity contribution < 1.29 is 23.1 Å². The lowest BCUT2D eigenvalue weighted by molar-refractivity contribution is -0.131. The molecule has 0 aliphatic carbocycles. The van der Waals surface area contributed by atoms with Crippen LogP contribution in [0.3, 0.4) is 0 Å². The zero-order valence-corrected chi connectivity index (χ0v) is 19.1. The Morgan fingerprint density at radius 1 is 1.13 bits per heavy atom. The summed E-state index contributed by atoms with van der Waals surface area (Å²) in [5.74, 6) is -0.519. The van der Waals surface area contributed by atoms with Gasteiger partial charge in [0.25, 0.3) is 15.9 Å². The molecular weight excluding hydrogens is 465 g/mol. The van der Waals surface area contributed by atoms with Crippen LogP contribution in [0.5, 0.6) is 0 Å². The summed E-state index contributed by atoms with van der Waals surface area (Å²) in [6.07, 6.45) is -1.39. The number of urea groups is 1. The normalized spacial score (nSPS) is 16.9. The van der Waals surface area contributed by atoms with Gasteiger partial charge in [-0.2, -0.15) is 0 Å². The van der Waals surface area contributed by atoms with E-state index >= 15 is 0 Å². The van der Waals surface area contributed by atoms with Crippen LogP contribution in [0.25, 0.3) is 0 Å². The molecule has 1 saturated heterocycles. The quantitative estimate of drug-likeness (QED) is 0.586. The number of nitrogens with one attached hydrogen (secondary N) is 1. The zero-order chi connectivity index (χ0) is 23.0. The summed E-state index contributed by atoms with van der Waals surface area (Å²) in [5.41, 5.74) is -1.04. The minimum atomic E-state index is -4.15. The molecule has 0 aromatic heterocycles. The average Bonchev–Trinajstić information content (AvgIpc) is 2.90. The van der Waals surface area contributed by atoms with Crippen molar-refractivity contribution in [1.29, 1.82) is 0 Å². The highest BCUT2D eigenvalue weighted by Gasteiger charge is 2.45. The Kier molecular flexibility index (Phi) is 6.52. The van der Waals surface area contributed by atoms with Crippen LogP contribution in [-0.2, 0) is 14.8 Å². The molecule has 3 rings (SSSR count). The number of carbonyl (C=O) groups is 2. The van der Waals surface area contributed by atoms with E-state index in [9.17, 15) is 23.1 Å². The van der Waals surface area contributed by atoms with E-state index in [1.54, 1.807) is 18.2 Å². The third-order valence-corrected chi connectivity index (χ3v) is 7.07. The molecule has 0 bridgehead atoms. The third kappa shape index (κ3) is 4.79. The van der Waals surface area contributed by atoms with Gasteiger partial charge in [-0.3, -0.25) is 14.0 Å². The van der Waals surface area contributed by atoms with Gasteiger partial charge in [0.15, 0.2) is 0 Å². The number of hydrogen-bond donors (Lipinski definition) is 2. The number of halogens is 2. The van der Waals surface area contributed by atoms with E-state index in [0.29, 0.717) is 0 Å². The second-order valence-corrected chi connectivity index (χ2v) is 10.3. The summed E-state index contributed by atoms with van der Waals surface area (Å²) in [4.78, 5) is 25.4. The van der Waals surface area contributed by atoms with E-state index < -0.39 is 46.7 Å². The lowest BCUT2D eigenvalue weighted by Gasteiger charge is -2.29. The zero-order valence-electron chi connectivity index (χ0n) is 16.7. The molecule has 0 radical (unpaired) electrons. The number of aliphatic hydroxyl groups excluding tert-OH is 1.